The number of halogens is 9. The Labute approximate surface area is 137 Å². The second-order valence-corrected chi connectivity index (χ2v) is 6.87. The lowest BCUT2D eigenvalue weighted by molar-refractivity contribution is -0.382. The summed E-state index contributed by atoms with van der Waals surface area (Å²) in [5.41, 5.74) is 0. The van der Waals surface area contributed by atoms with Crippen LogP contribution in [0.5, 0.6) is 5.75 Å². The van der Waals surface area contributed by atoms with Crippen LogP contribution >= 0.6 is 12.0 Å². The van der Waals surface area contributed by atoms with Crippen molar-refractivity contribution in [3.05, 3.63) is 24.3 Å². The topological polar surface area (TPSA) is 63.6 Å². The van der Waals surface area contributed by atoms with E-state index in [1.807, 2.05) is 0 Å². The SMILES string of the molecule is O=S(=O)(OSc1ccc(O)cc1)C(F)(F)C(F)(F)C(F)(F)C(F)(F)F. The average Bonchev–Trinajstić information content (AvgIpc) is 2.45. The van der Waals surface area contributed by atoms with Gasteiger partial charge in [-0.05, 0) is 24.3 Å². The van der Waals surface area contributed by atoms with Gasteiger partial charge >= 0.3 is 33.4 Å². The third-order valence-electron chi connectivity index (χ3n) is 2.49. The van der Waals surface area contributed by atoms with Gasteiger partial charge < -0.3 is 5.11 Å². The molecule has 15 heteroatoms. The minimum Gasteiger partial charge on any atom is -0.508 e. The van der Waals surface area contributed by atoms with Crippen LogP contribution in [0.15, 0.2) is 29.2 Å². The molecule has 1 aromatic carbocycles. The smallest absolute Gasteiger partial charge is 0.460 e. The van der Waals surface area contributed by atoms with Crippen LogP contribution in [0.4, 0.5) is 39.5 Å². The van der Waals surface area contributed by atoms with Crippen molar-refractivity contribution in [2.24, 2.45) is 0 Å². The standard InChI is InChI=1S/C10H5F9O4S2/c11-7(12,9(15,16)17)8(13,14)10(18,19)25(21,22)23-24-6-3-1-5(20)2-4-6/h1-4,20H. The lowest BCUT2D eigenvalue weighted by Crippen LogP contribution is -2.63. The maximum Gasteiger partial charge on any atom is 0.460 e. The van der Waals surface area contributed by atoms with Gasteiger partial charge in [0.2, 0.25) is 0 Å². The van der Waals surface area contributed by atoms with E-state index in [9.17, 15) is 47.9 Å². The molecule has 0 atom stereocenters. The molecule has 1 rings (SSSR count). The van der Waals surface area contributed by atoms with Crippen LogP contribution in [0.3, 0.4) is 0 Å². The molecule has 1 aromatic rings. The molecular weight excluding hydrogens is 419 g/mol. The zero-order valence-corrected chi connectivity index (χ0v) is 12.8. The number of hydrogen-bond acceptors (Lipinski definition) is 5. The minimum atomic E-state index is -7.36. The first kappa shape index (κ1) is 21.7. The fraction of sp³-hybridized carbons (Fsp3) is 0.400. The lowest BCUT2D eigenvalue weighted by Gasteiger charge is -2.32. The molecule has 0 aromatic heterocycles. The van der Waals surface area contributed by atoms with Crippen molar-refractivity contribution in [1.82, 2.24) is 0 Å². The highest BCUT2D eigenvalue weighted by atomic mass is 32.3. The van der Waals surface area contributed by atoms with Crippen molar-refractivity contribution in [3.8, 4) is 5.75 Å². The van der Waals surface area contributed by atoms with Gasteiger partial charge in [0.05, 0.1) is 0 Å². The normalized spacial score (nSPS) is 14.6. The van der Waals surface area contributed by atoms with Crippen LogP contribution in [0, 0.1) is 0 Å². The molecule has 0 aliphatic heterocycles. The van der Waals surface area contributed by atoms with E-state index in [2.05, 4.69) is 3.63 Å². The zero-order chi connectivity index (χ0) is 19.9. The molecular formula is C10H5F9O4S2. The highest BCUT2D eigenvalue weighted by molar-refractivity contribution is 8.04. The monoisotopic (exact) mass is 424 g/mol. The summed E-state index contributed by atoms with van der Waals surface area (Å²) in [6, 6.07) is 3.50. The highest BCUT2D eigenvalue weighted by Crippen LogP contribution is 2.55. The van der Waals surface area contributed by atoms with E-state index in [0.29, 0.717) is 0 Å². The van der Waals surface area contributed by atoms with Gasteiger partial charge in [-0.15, -0.1) is 0 Å². The van der Waals surface area contributed by atoms with Crippen LogP contribution < -0.4 is 0 Å². The second-order valence-electron chi connectivity index (χ2n) is 4.26. The molecule has 0 unspecified atom stereocenters. The zero-order valence-electron chi connectivity index (χ0n) is 11.2. The molecule has 0 fully saturated rings. The van der Waals surface area contributed by atoms with E-state index in [1.54, 1.807) is 0 Å². The number of benzene rings is 1. The molecule has 0 spiro atoms. The number of aromatic hydroxyl groups is 1. The van der Waals surface area contributed by atoms with Crippen molar-refractivity contribution < 1.29 is 56.7 Å². The summed E-state index contributed by atoms with van der Waals surface area (Å²) in [7, 11) is -6.93. The molecule has 0 radical (unpaired) electrons. The Kier molecular flexibility index (Phi) is 5.57. The van der Waals surface area contributed by atoms with Crippen LogP contribution in [0.25, 0.3) is 0 Å². The van der Waals surface area contributed by atoms with Gasteiger partial charge in [0.25, 0.3) is 0 Å². The van der Waals surface area contributed by atoms with Gasteiger partial charge in [0.1, 0.15) is 5.75 Å². The van der Waals surface area contributed by atoms with Gasteiger partial charge in [0.15, 0.2) is 0 Å². The second kappa shape index (κ2) is 6.42. The van der Waals surface area contributed by atoms with E-state index in [0.717, 1.165) is 24.3 Å². The number of alkyl halides is 9. The van der Waals surface area contributed by atoms with E-state index in [-0.39, 0.29) is 10.6 Å². The quantitative estimate of drug-likeness (QED) is 0.549. The Morgan fingerprint density at radius 3 is 1.68 bits per heavy atom. The number of hydrogen-bond donors (Lipinski definition) is 1. The van der Waals surface area contributed by atoms with Gasteiger partial charge in [-0.1, -0.05) is 0 Å². The molecule has 0 bridgehead atoms. The average molecular weight is 424 g/mol. The van der Waals surface area contributed by atoms with Crippen LogP contribution in [-0.2, 0) is 13.7 Å². The van der Waals surface area contributed by atoms with Gasteiger partial charge in [0, 0.05) is 16.9 Å². The molecule has 0 heterocycles. The molecule has 1 N–H and O–H groups in total. The largest absolute Gasteiger partial charge is 0.508 e. The summed E-state index contributed by atoms with van der Waals surface area (Å²) in [5.74, 6) is -15.1. The summed E-state index contributed by atoms with van der Waals surface area (Å²) >= 11 is -0.541. The van der Waals surface area contributed by atoms with Crippen LogP contribution in [0.2, 0.25) is 0 Å². The van der Waals surface area contributed by atoms with E-state index in [4.69, 9.17) is 5.11 Å². The minimum absolute atomic E-state index is 0.367. The predicted octanol–water partition coefficient (Wildman–Crippen LogP) is 4.17. The number of phenols is 1. The number of phenolic OH excluding ortho intramolecular Hbond substituents is 1. The number of rotatable bonds is 6. The van der Waals surface area contributed by atoms with Crippen LogP contribution in [-0.4, -0.2) is 36.8 Å². The Morgan fingerprint density at radius 1 is 0.840 bits per heavy atom. The van der Waals surface area contributed by atoms with Gasteiger partial charge in [-0.25, -0.2) is 0 Å². The Balaban J connectivity index is 3.14. The van der Waals surface area contributed by atoms with E-state index in [1.165, 1.54) is 0 Å². The van der Waals surface area contributed by atoms with Crippen molar-refractivity contribution in [2.75, 3.05) is 0 Å². The highest BCUT2D eigenvalue weighted by Gasteiger charge is 2.85. The van der Waals surface area contributed by atoms with Gasteiger partial charge in [-0.2, -0.15) is 51.6 Å². The first-order valence-corrected chi connectivity index (χ1v) is 7.72. The molecule has 4 nitrogen and oxygen atoms in total. The third kappa shape index (κ3) is 3.76. The fourth-order valence-electron chi connectivity index (χ4n) is 1.15. The first-order valence-electron chi connectivity index (χ1n) is 5.57. The fourth-order valence-corrected chi connectivity index (χ4v) is 2.85. The maximum atomic E-state index is 13.3. The van der Waals surface area contributed by atoms with Crippen molar-refractivity contribution >= 4 is 22.2 Å². The molecule has 25 heavy (non-hydrogen) atoms. The van der Waals surface area contributed by atoms with Crippen molar-refractivity contribution in [1.29, 1.82) is 0 Å². The van der Waals surface area contributed by atoms with Crippen LogP contribution in [0.1, 0.15) is 0 Å². The lowest BCUT2D eigenvalue weighted by atomic mass is 10.1. The summed E-state index contributed by atoms with van der Waals surface area (Å²) in [4.78, 5) is -0.372. The molecule has 0 amide bonds. The summed E-state index contributed by atoms with van der Waals surface area (Å²) in [5, 5.41) is 2.00. The summed E-state index contributed by atoms with van der Waals surface area (Å²) in [6.45, 7) is 0. The maximum absolute atomic E-state index is 13.3. The summed E-state index contributed by atoms with van der Waals surface area (Å²) in [6.07, 6.45) is -7.15. The predicted molar refractivity (Wildman–Crippen MR) is 64.9 cm³/mol. The van der Waals surface area contributed by atoms with Crippen molar-refractivity contribution in [3.63, 3.8) is 0 Å². The van der Waals surface area contributed by atoms with E-state index < -0.39 is 45.4 Å². The van der Waals surface area contributed by atoms with Crippen molar-refractivity contribution in [2.45, 2.75) is 28.2 Å². The van der Waals surface area contributed by atoms with Gasteiger partial charge in [-0.3, -0.25) is 0 Å². The van der Waals surface area contributed by atoms with E-state index >= 15 is 0 Å². The Morgan fingerprint density at radius 2 is 1.28 bits per heavy atom. The molecule has 0 aliphatic carbocycles. The molecule has 0 saturated carbocycles. The summed E-state index contributed by atoms with van der Waals surface area (Å²) < 4.78 is 139. The first-order chi connectivity index (χ1) is 11.0. The Bertz CT molecular complexity index is 713. The Hall–Kier alpha value is -1.35. The molecule has 0 saturated heterocycles. The molecule has 144 valence electrons. The molecule has 0 aliphatic rings. The third-order valence-corrected chi connectivity index (χ3v) is 4.82.